The summed E-state index contributed by atoms with van der Waals surface area (Å²) in [5.41, 5.74) is 7.09. The van der Waals surface area contributed by atoms with E-state index in [4.69, 9.17) is 5.73 Å². The number of hydrogen-bond donors (Lipinski definition) is 1. The van der Waals surface area contributed by atoms with Crippen molar-refractivity contribution in [2.24, 2.45) is 11.7 Å². The highest BCUT2D eigenvalue weighted by Crippen LogP contribution is 2.18. The molecule has 3 heteroatoms. The topological polar surface area (TPSA) is 26.0 Å². The number of thioether (sulfide) groups is 1. The molecule has 0 saturated carbocycles. The second-order valence-corrected chi connectivity index (χ2v) is 5.47. The van der Waals surface area contributed by atoms with Crippen LogP contribution in [-0.4, -0.2) is 5.75 Å². The Balaban J connectivity index is 2.42. The van der Waals surface area contributed by atoms with Gasteiger partial charge in [-0.25, -0.2) is 4.39 Å². The first kappa shape index (κ1) is 13.5. The molecule has 0 spiro atoms. The van der Waals surface area contributed by atoms with Gasteiger partial charge in [0.1, 0.15) is 5.82 Å². The average molecular weight is 241 g/mol. The largest absolute Gasteiger partial charge is 0.326 e. The second kappa shape index (κ2) is 6.92. The molecule has 1 aromatic rings. The van der Waals surface area contributed by atoms with Crippen LogP contribution in [0, 0.1) is 11.7 Å². The van der Waals surface area contributed by atoms with Crippen LogP contribution in [0.3, 0.4) is 0 Å². The molecule has 0 aromatic heterocycles. The molecule has 16 heavy (non-hydrogen) atoms. The van der Waals surface area contributed by atoms with Gasteiger partial charge in [-0.05, 0) is 35.3 Å². The molecule has 0 heterocycles. The monoisotopic (exact) mass is 241 g/mol. The molecule has 0 bridgehead atoms. The fourth-order valence-electron chi connectivity index (χ4n) is 1.34. The normalized spacial score (nSPS) is 11.1. The van der Waals surface area contributed by atoms with Gasteiger partial charge in [0.25, 0.3) is 0 Å². The van der Waals surface area contributed by atoms with Gasteiger partial charge in [0.15, 0.2) is 0 Å². The standard InChI is InChI=1S/C13H20FNS/c1-10(2)5-6-16-9-12-4-3-11(8-15)7-13(12)14/h3-4,7,10H,5-6,8-9,15H2,1-2H3. The highest BCUT2D eigenvalue weighted by molar-refractivity contribution is 7.98. The molecule has 1 rings (SSSR count). The zero-order valence-electron chi connectivity index (χ0n) is 10.0. The van der Waals surface area contributed by atoms with Crippen molar-refractivity contribution in [2.75, 3.05) is 5.75 Å². The van der Waals surface area contributed by atoms with Gasteiger partial charge in [0, 0.05) is 12.3 Å². The van der Waals surface area contributed by atoms with Crippen molar-refractivity contribution in [1.29, 1.82) is 0 Å². The molecule has 1 aromatic carbocycles. The van der Waals surface area contributed by atoms with E-state index in [-0.39, 0.29) is 5.82 Å². The fourth-order valence-corrected chi connectivity index (χ4v) is 2.57. The third-order valence-corrected chi connectivity index (χ3v) is 3.49. The average Bonchev–Trinajstić information content (AvgIpc) is 2.25. The third kappa shape index (κ3) is 4.54. The zero-order chi connectivity index (χ0) is 12.0. The Bertz CT molecular complexity index is 326. The van der Waals surface area contributed by atoms with E-state index in [2.05, 4.69) is 13.8 Å². The lowest BCUT2D eigenvalue weighted by Gasteiger charge is -2.06. The molecule has 0 atom stereocenters. The summed E-state index contributed by atoms with van der Waals surface area (Å²) in [6.07, 6.45) is 1.19. The molecule has 0 fully saturated rings. The lowest BCUT2D eigenvalue weighted by Crippen LogP contribution is -1.98. The number of nitrogens with two attached hydrogens (primary N) is 1. The van der Waals surface area contributed by atoms with E-state index in [1.807, 2.05) is 12.1 Å². The second-order valence-electron chi connectivity index (χ2n) is 4.36. The molecule has 0 aliphatic rings. The third-order valence-electron chi connectivity index (χ3n) is 2.45. The van der Waals surface area contributed by atoms with Crippen LogP contribution in [0.15, 0.2) is 18.2 Å². The minimum absolute atomic E-state index is 0.125. The van der Waals surface area contributed by atoms with Crippen LogP contribution >= 0.6 is 11.8 Å². The van der Waals surface area contributed by atoms with E-state index in [0.29, 0.717) is 6.54 Å². The highest BCUT2D eigenvalue weighted by Gasteiger charge is 2.03. The van der Waals surface area contributed by atoms with Gasteiger partial charge in [-0.2, -0.15) is 11.8 Å². The first-order valence-electron chi connectivity index (χ1n) is 5.68. The summed E-state index contributed by atoms with van der Waals surface area (Å²) in [7, 11) is 0. The number of rotatable bonds is 6. The lowest BCUT2D eigenvalue weighted by atomic mass is 10.1. The Morgan fingerprint density at radius 1 is 1.38 bits per heavy atom. The summed E-state index contributed by atoms with van der Waals surface area (Å²) < 4.78 is 13.6. The molecule has 0 aliphatic heterocycles. The van der Waals surface area contributed by atoms with E-state index in [0.717, 1.165) is 28.6 Å². The van der Waals surface area contributed by atoms with Gasteiger partial charge >= 0.3 is 0 Å². The van der Waals surface area contributed by atoms with Gasteiger partial charge in [0.05, 0.1) is 0 Å². The van der Waals surface area contributed by atoms with Gasteiger partial charge in [0.2, 0.25) is 0 Å². The predicted molar refractivity (Wildman–Crippen MR) is 69.9 cm³/mol. The van der Waals surface area contributed by atoms with Crippen molar-refractivity contribution in [3.05, 3.63) is 35.1 Å². The van der Waals surface area contributed by atoms with Crippen LogP contribution in [0.25, 0.3) is 0 Å². The van der Waals surface area contributed by atoms with Crippen LogP contribution in [0.2, 0.25) is 0 Å². The van der Waals surface area contributed by atoms with Crippen LogP contribution < -0.4 is 5.73 Å². The molecular weight excluding hydrogens is 221 g/mol. The Morgan fingerprint density at radius 3 is 2.69 bits per heavy atom. The van der Waals surface area contributed by atoms with Crippen LogP contribution in [-0.2, 0) is 12.3 Å². The Kier molecular flexibility index (Phi) is 5.85. The molecule has 0 radical (unpaired) electrons. The molecule has 0 aliphatic carbocycles. The number of halogens is 1. The van der Waals surface area contributed by atoms with E-state index in [1.165, 1.54) is 6.42 Å². The summed E-state index contributed by atoms with van der Waals surface area (Å²) in [4.78, 5) is 0. The summed E-state index contributed by atoms with van der Waals surface area (Å²) in [5.74, 6) is 2.44. The number of hydrogen-bond acceptors (Lipinski definition) is 2. The zero-order valence-corrected chi connectivity index (χ0v) is 10.8. The summed E-state index contributed by atoms with van der Waals surface area (Å²) in [6, 6.07) is 5.29. The minimum atomic E-state index is -0.125. The maximum atomic E-state index is 13.6. The van der Waals surface area contributed by atoms with Gasteiger partial charge < -0.3 is 5.73 Å². The fraction of sp³-hybridized carbons (Fsp3) is 0.538. The molecular formula is C13H20FNS. The van der Waals surface area contributed by atoms with E-state index >= 15 is 0 Å². The highest BCUT2D eigenvalue weighted by atomic mass is 32.2. The van der Waals surface area contributed by atoms with Crippen molar-refractivity contribution in [1.82, 2.24) is 0 Å². The van der Waals surface area contributed by atoms with Gasteiger partial charge in [-0.15, -0.1) is 0 Å². The van der Waals surface area contributed by atoms with E-state index < -0.39 is 0 Å². The minimum Gasteiger partial charge on any atom is -0.326 e. The molecule has 2 N–H and O–H groups in total. The summed E-state index contributed by atoms with van der Waals surface area (Å²) >= 11 is 1.79. The molecule has 0 amide bonds. The van der Waals surface area contributed by atoms with Crippen molar-refractivity contribution in [3.63, 3.8) is 0 Å². The molecule has 90 valence electrons. The maximum Gasteiger partial charge on any atom is 0.127 e. The molecule has 0 saturated heterocycles. The van der Waals surface area contributed by atoms with Crippen molar-refractivity contribution >= 4 is 11.8 Å². The van der Waals surface area contributed by atoms with Gasteiger partial charge in [-0.1, -0.05) is 26.0 Å². The first-order chi connectivity index (χ1) is 7.63. The molecule has 0 unspecified atom stereocenters. The lowest BCUT2D eigenvalue weighted by molar-refractivity contribution is 0.614. The van der Waals surface area contributed by atoms with E-state index in [1.54, 1.807) is 17.8 Å². The SMILES string of the molecule is CC(C)CCSCc1ccc(CN)cc1F. The van der Waals surface area contributed by atoms with Crippen LogP contribution in [0.1, 0.15) is 31.4 Å². The Hall–Kier alpha value is -0.540. The Morgan fingerprint density at radius 2 is 2.12 bits per heavy atom. The predicted octanol–water partition coefficient (Wildman–Crippen LogP) is 3.56. The maximum absolute atomic E-state index is 13.6. The van der Waals surface area contributed by atoms with E-state index in [9.17, 15) is 4.39 Å². The van der Waals surface area contributed by atoms with Crippen LogP contribution in [0.4, 0.5) is 4.39 Å². The van der Waals surface area contributed by atoms with Crippen LogP contribution in [0.5, 0.6) is 0 Å². The smallest absolute Gasteiger partial charge is 0.127 e. The van der Waals surface area contributed by atoms with Crippen molar-refractivity contribution in [3.8, 4) is 0 Å². The summed E-state index contributed by atoms with van der Waals surface area (Å²) in [5, 5.41) is 0. The van der Waals surface area contributed by atoms with Gasteiger partial charge in [-0.3, -0.25) is 0 Å². The Labute approximate surface area is 102 Å². The quantitative estimate of drug-likeness (QED) is 0.771. The number of benzene rings is 1. The first-order valence-corrected chi connectivity index (χ1v) is 6.84. The summed E-state index contributed by atoms with van der Waals surface area (Å²) in [6.45, 7) is 4.81. The molecule has 1 nitrogen and oxygen atoms in total. The van der Waals surface area contributed by atoms with Crippen molar-refractivity contribution < 1.29 is 4.39 Å². The van der Waals surface area contributed by atoms with Crippen molar-refractivity contribution in [2.45, 2.75) is 32.6 Å².